The van der Waals surface area contributed by atoms with Crippen LogP contribution in [0.4, 0.5) is 5.69 Å². The summed E-state index contributed by atoms with van der Waals surface area (Å²) >= 11 is 0. The zero-order valence-corrected chi connectivity index (χ0v) is 12.8. The normalized spacial score (nSPS) is 15.5. The van der Waals surface area contributed by atoms with Crippen molar-refractivity contribution in [3.05, 3.63) is 64.7 Å². The lowest BCUT2D eigenvalue weighted by atomic mass is 9.96. The minimum atomic E-state index is -0.0525. The summed E-state index contributed by atoms with van der Waals surface area (Å²) in [7, 11) is 0. The Morgan fingerprint density at radius 1 is 1.04 bits per heavy atom. The van der Waals surface area contributed by atoms with Gasteiger partial charge in [0.2, 0.25) is 5.91 Å². The summed E-state index contributed by atoms with van der Waals surface area (Å²) < 4.78 is 0. The van der Waals surface area contributed by atoms with Crippen LogP contribution in [0.25, 0.3) is 0 Å². The number of anilines is 1. The molecule has 2 amide bonds. The van der Waals surface area contributed by atoms with Gasteiger partial charge in [0.15, 0.2) is 0 Å². The van der Waals surface area contributed by atoms with Crippen molar-refractivity contribution in [1.82, 2.24) is 5.32 Å². The third-order valence-corrected chi connectivity index (χ3v) is 4.61. The number of rotatable bonds is 3. The summed E-state index contributed by atoms with van der Waals surface area (Å²) in [6.07, 6.45) is 2.12. The molecule has 4 nitrogen and oxygen atoms in total. The predicted molar refractivity (Wildman–Crippen MR) is 88.4 cm³/mol. The Balaban J connectivity index is 1.56. The Bertz CT molecular complexity index is 783. The van der Waals surface area contributed by atoms with Crippen LogP contribution in [0, 0.1) is 0 Å². The quantitative estimate of drug-likeness (QED) is 0.947. The number of carbonyl (C=O) groups is 2. The first-order valence-electron chi connectivity index (χ1n) is 8.00. The van der Waals surface area contributed by atoms with E-state index in [9.17, 15) is 9.59 Å². The summed E-state index contributed by atoms with van der Waals surface area (Å²) in [6.45, 7) is 1.27. The third kappa shape index (κ3) is 2.50. The van der Waals surface area contributed by atoms with E-state index in [1.807, 2.05) is 47.4 Å². The van der Waals surface area contributed by atoms with Crippen molar-refractivity contribution in [2.24, 2.45) is 0 Å². The second kappa shape index (κ2) is 5.54. The standard InChI is InChI=1S/C19H18N2O2/c22-17-7-6-14-10-16(11-15-8-9-21(17)18(14)15)19(23)20-12-13-4-2-1-3-5-13/h1-5,10-11H,6-9,12H2,(H,20,23). The van der Waals surface area contributed by atoms with Crippen LogP contribution in [0.15, 0.2) is 42.5 Å². The lowest BCUT2D eigenvalue weighted by molar-refractivity contribution is -0.118. The molecule has 2 heterocycles. The van der Waals surface area contributed by atoms with Crippen LogP contribution in [0.1, 0.15) is 33.5 Å². The van der Waals surface area contributed by atoms with E-state index in [4.69, 9.17) is 0 Å². The largest absolute Gasteiger partial charge is 0.348 e. The summed E-state index contributed by atoms with van der Waals surface area (Å²) in [4.78, 5) is 26.3. The van der Waals surface area contributed by atoms with Gasteiger partial charge < -0.3 is 10.2 Å². The highest BCUT2D eigenvalue weighted by molar-refractivity contribution is 6.01. The molecule has 2 aromatic carbocycles. The number of hydrogen-bond donors (Lipinski definition) is 1. The highest BCUT2D eigenvalue weighted by Gasteiger charge is 2.31. The van der Waals surface area contributed by atoms with Gasteiger partial charge in [-0.05, 0) is 41.7 Å². The van der Waals surface area contributed by atoms with E-state index >= 15 is 0 Å². The van der Waals surface area contributed by atoms with Crippen LogP contribution in [0.5, 0.6) is 0 Å². The Morgan fingerprint density at radius 2 is 1.78 bits per heavy atom. The van der Waals surface area contributed by atoms with E-state index in [2.05, 4.69) is 5.32 Å². The van der Waals surface area contributed by atoms with Gasteiger partial charge in [-0.3, -0.25) is 9.59 Å². The Labute approximate surface area is 135 Å². The van der Waals surface area contributed by atoms with Crippen molar-refractivity contribution in [2.45, 2.75) is 25.8 Å². The lowest BCUT2D eigenvalue weighted by Gasteiger charge is -2.25. The maximum Gasteiger partial charge on any atom is 0.251 e. The van der Waals surface area contributed by atoms with Gasteiger partial charge in [-0.1, -0.05) is 30.3 Å². The highest BCUT2D eigenvalue weighted by atomic mass is 16.2. The highest BCUT2D eigenvalue weighted by Crippen LogP contribution is 2.37. The van der Waals surface area contributed by atoms with E-state index in [1.165, 1.54) is 0 Å². The lowest BCUT2D eigenvalue weighted by Crippen LogP contribution is -2.33. The van der Waals surface area contributed by atoms with Crippen LogP contribution >= 0.6 is 0 Å². The fourth-order valence-electron chi connectivity index (χ4n) is 3.47. The van der Waals surface area contributed by atoms with E-state index in [-0.39, 0.29) is 11.8 Å². The SMILES string of the molecule is O=C(NCc1ccccc1)c1cc2c3c(c1)CCN3C(=O)CC2. The predicted octanol–water partition coefficient (Wildman–Crippen LogP) is 2.45. The van der Waals surface area contributed by atoms with Crippen LogP contribution in [0.3, 0.4) is 0 Å². The molecule has 1 N–H and O–H groups in total. The van der Waals surface area contributed by atoms with Gasteiger partial charge in [-0.25, -0.2) is 0 Å². The number of hydrogen-bond acceptors (Lipinski definition) is 2. The topological polar surface area (TPSA) is 49.4 Å². The fourth-order valence-corrected chi connectivity index (χ4v) is 3.47. The molecule has 0 spiro atoms. The molecule has 116 valence electrons. The first-order valence-corrected chi connectivity index (χ1v) is 8.00. The minimum absolute atomic E-state index is 0.0525. The molecule has 0 fully saturated rings. The molecular weight excluding hydrogens is 288 g/mol. The van der Waals surface area contributed by atoms with E-state index in [0.717, 1.165) is 41.8 Å². The number of carbonyl (C=O) groups excluding carboxylic acids is 2. The zero-order chi connectivity index (χ0) is 15.8. The molecule has 0 aromatic heterocycles. The van der Waals surface area contributed by atoms with Crippen molar-refractivity contribution in [3.63, 3.8) is 0 Å². The maximum absolute atomic E-state index is 12.5. The molecule has 2 aliphatic rings. The molecule has 0 unspecified atom stereocenters. The summed E-state index contributed by atoms with van der Waals surface area (Å²) in [5.41, 5.74) is 5.09. The fraction of sp³-hybridized carbons (Fsp3) is 0.263. The molecule has 0 saturated carbocycles. The summed E-state index contributed by atoms with van der Waals surface area (Å²) in [5.74, 6) is 0.154. The van der Waals surface area contributed by atoms with Crippen molar-refractivity contribution >= 4 is 17.5 Å². The molecule has 0 saturated heterocycles. The number of benzene rings is 2. The monoisotopic (exact) mass is 306 g/mol. The van der Waals surface area contributed by atoms with Crippen LogP contribution in [-0.4, -0.2) is 18.4 Å². The molecule has 4 heteroatoms. The van der Waals surface area contributed by atoms with Crippen molar-refractivity contribution in [1.29, 1.82) is 0 Å². The molecule has 2 aliphatic heterocycles. The van der Waals surface area contributed by atoms with Crippen LogP contribution in [-0.2, 0) is 24.2 Å². The minimum Gasteiger partial charge on any atom is -0.348 e. The zero-order valence-electron chi connectivity index (χ0n) is 12.8. The molecular formula is C19H18N2O2. The molecule has 0 atom stereocenters. The van der Waals surface area contributed by atoms with Gasteiger partial charge in [0, 0.05) is 25.1 Å². The number of amides is 2. The van der Waals surface area contributed by atoms with Gasteiger partial charge in [0.1, 0.15) is 0 Å². The summed E-state index contributed by atoms with van der Waals surface area (Å²) in [6, 6.07) is 13.8. The van der Waals surface area contributed by atoms with Gasteiger partial charge in [-0.2, -0.15) is 0 Å². The molecule has 0 aliphatic carbocycles. The number of aryl methyl sites for hydroxylation is 1. The average molecular weight is 306 g/mol. The van der Waals surface area contributed by atoms with Gasteiger partial charge in [-0.15, -0.1) is 0 Å². The maximum atomic E-state index is 12.5. The Kier molecular flexibility index (Phi) is 3.37. The molecule has 0 bridgehead atoms. The molecule has 2 aromatic rings. The Morgan fingerprint density at radius 3 is 2.57 bits per heavy atom. The first kappa shape index (κ1) is 14.0. The van der Waals surface area contributed by atoms with Crippen molar-refractivity contribution in [3.8, 4) is 0 Å². The van der Waals surface area contributed by atoms with Crippen molar-refractivity contribution in [2.75, 3.05) is 11.4 Å². The molecule has 0 radical (unpaired) electrons. The second-order valence-electron chi connectivity index (χ2n) is 6.11. The van der Waals surface area contributed by atoms with E-state index in [1.54, 1.807) is 0 Å². The molecule has 23 heavy (non-hydrogen) atoms. The van der Waals surface area contributed by atoms with Crippen LogP contribution in [0.2, 0.25) is 0 Å². The van der Waals surface area contributed by atoms with Gasteiger partial charge >= 0.3 is 0 Å². The number of nitrogens with one attached hydrogen (secondary N) is 1. The van der Waals surface area contributed by atoms with Crippen molar-refractivity contribution < 1.29 is 9.59 Å². The average Bonchev–Trinajstić information content (AvgIpc) is 3.02. The van der Waals surface area contributed by atoms with Gasteiger partial charge in [0.25, 0.3) is 5.91 Å². The molecule has 4 rings (SSSR count). The van der Waals surface area contributed by atoms with E-state index < -0.39 is 0 Å². The Hall–Kier alpha value is -2.62. The smallest absolute Gasteiger partial charge is 0.251 e. The third-order valence-electron chi connectivity index (χ3n) is 4.61. The first-order chi connectivity index (χ1) is 11.2. The van der Waals surface area contributed by atoms with Crippen LogP contribution < -0.4 is 10.2 Å². The van der Waals surface area contributed by atoms with E-state index in [0.29, 0.717) is 18.5 Å². The summed E-state index contributed by atoms with van der Waals surface area (Å²) in [5, 5.41) is 2.98. The second-order valence-corrected chi connectivity index (χ2v) is 6.11. The number of nitrogens with zero attached hydrogens (tertiary/aromatic N) is 1. The van der Waals surface area contributed by atoms with Gasteiger partial charge in [0.05, 0.1) is 5.69 Å².